The van der Waals surface area contributed by atoms with E-state index in [-0.39, 0.29) is 5.91 Å². The van der Waals surface area contributed by atoms with Crippen LogP contribution in [0.3, 0.4) is 0 Å². The third-order valence-corrected chi connectivity index (χ3v) is 5.99. The normalized spacial score (nSPS) is 23.1. The van der Waals surface area contributed by atoms with Crippen LogP contribution in [0.15, 0.2) is 54.6 Å². The Morgan fingerprint density at radius 1 is 1.04 bits per heavy atom. The van der Waals surface area contributed by atoms with E-state index in [1.807, 2.05) is 46.9 Å². The van der Waals surface area contributed by atoms with E-state index < -0.39 is 0 Å². The molecule has 1 aliphatic heterocycles. The summed E-state index contributed by atoms with van der Waals surface area (Å²) in [5.74, 6) is 1.27. The van der Waals surface area contributed by atoms with Gasteiger partial charge in [0.1, 0.15) is 0 Å². The highest BCUT2D eigenvalue weighted by molar-refractivity contribution is 6.13. The fourth-order valence-corrected chi connectivity index (χ4v) is 4.01. The monoisotopic (exact) mass is 383 g/mol. The van der Waals surface area contributed by atoms with E-state index in [9.17, 15) is 4.79 Å². The highest BCUT2D eigenvalue weighted by atomic mass is 35.5. The molecule has 0 spiro atoms. The maximum Gasteiger partial charge on any atom is 0.255 e. The SMILES string of the molecule is O=C(Nc1ccc([C@@H]2C[C@H]2NCC2CCN(Cl)CC2)cc1)c1ccccc1. The maximum absolute atomic E-state index is 12.2. The van der Waals surface area contributed by atoms with Crippen LogP contribution in [-0.4, -0.2) is 36.0 Å². The molecule has 2 fully saturated rings. The van der Waals surface area contributed by atoms with E-state index in [4.69, 9.17) is 11.8 Å². The van der Waals surface area contributed by atoms with Crippen molar-refractivity contribution in [2.75, 3.05) is 25.0 Å². The number of piperidine rings is 1. The molecular formula is C22H26ClN3O. The minimum absolute atomic E-state index is 0.0719. The van der Waals surface area contributed by atoms with Crippen LogP contribution in [-0.2, 0) is 0 Å². The Labute approximate surface area is 166 Å². The van der Waals surface area contributed by atoms with Crippen LogP contribution in [0.25, 0.3) is 0 Å². The number of nitrogens with one attached hydrogen (secondary N) is 2. The molecule has 5 heteroatoms. The molecule has 2 aromatic rings. The van der Waals surface area contributed by atoms with E-state index in [0.717, 1.165) is 31.2 Å². The van der Waals surface area contributed by atoms with Crippen molar-refractivity contribution in [3.05, 3.63) is 65.7 Å². The zero-order chi connectivity index (χ0) is 18.6. The lowest BCUT2D eigenvalue weighted by Gasteiger charge is -2.27. The number of halogens is 1. The fourth-order valence-electron chi connectivity index (χ4n) is 3.82. The summed E-state index contributed by atoms with van der Waals surface area (Å²) in [5, 5.41) is 6.69. The lowest BCUT2D eigenvalue weighted by Crippen LogP contribution is -2.33. The second-order valence-electron chi connectivity index (χ2n) is 7.65. The number of carbonyl (C=O) groups excluding carboxylic acids is 1. The molecule has 1 amide bonds. The van der Waals surface area contributed by atoms with Crippen molar-refractivity contribution in [3.63, 3.8) is 0 Å². The maximum atomic E-state index is 12.2. The molecule has 4 nitrogen and oxygen atoms in total. The first-order chi connectivity index (χ1) is 13.2. The molecule has 1 saturated heterocycles. The molecule has 0 aromatic heterocycles. The van der Waals surface area contributed by atoms with Gasteiger partial charge in [0, 0.05) is 36.3 Å². The molecule has 2 N–H and O–H groups in total. The summed E-state index contributed by atoms with van der Waals surface area (Å²) in [6, 6.07) is 18.2. The number of nitrogens with zero attached hydrogens (tertiary/aromatic N) is 1. The Morgan fingerprint density at radius 2 is 1.74 bits per heavy atom. The van der Waals surface area contributed by atoms with Gasteiger partial charge in [-0.1, -0.05) is 30.3 Å². The van der Waals surface area contributed by atoms with Crippen molar-refractivity contribution >= 4 is 23.4 Å². The molecule has 0 bridgehead atoms. The number of benzene rings is 2. The number of rotatable bonds is 6. The topological polar surface area (TPSA) is 44.4 Å². The Bertz CT molecular complexity index is 757. The Kier molecular flexibility index (Phi) is 5.77. The van der Waals surface area contributed by atoms with Gasteiger partial charge < -0.3 is 10.6 Å². The van der Waals surface area contributed by atoms with E-state index in [0.29, 0.717) is 17.5 Å². The summed E-state index contributed by atoms with van der Waals surface area (Å²) < 4.78 is 1.90. The molecule has 1 aliphatic carbocycles. The van der Waals surface area contributed by atoms with Crippen molar-refractivity contribution in [2.45, 2.75) is 31.2 Å². The number of carbonyl (C=O) groups is 1. The number of anilines is 1. The fraction of sp³-hybridized carbons (Fsp3) is 0.409. The smallest absolute Gasteiger partial charge is 0.255 e. The molecule has 4 rings (SSSR count). The number of hydrogen-bond acceptors (Lipinski definition) is 3. The molecule has 1 heterocycles. The average molecular weight is 384 g/mol. The summed E-state index contributed by atoms with van der Waals surface area (Å²) >= 11 is 6.03. The van der Waals surface area contributed by atoms with Crippen molar-refractivity contribution in [3.8, 4) is 0 Å². The molecule has 27 heavy (non-hydrogen) atoms. The molecule has 2 aromatic carbocycles. The van der Waals surface area contributed by atoms with Gasteiger partial charge in [-0.2, -0.15) is 0 Å². The molecule has 0 unspecified atom stereocenters. The lowest BCUT2D eigenvalue weighted by molar-refractivity contribution is 0.102. The van der Waals surface area contributed by atoms with Gasteiger partial charge in [0.25, 0.3) is 5.91 Å². The van der Waals surface area contributed by atoms with Gasteiger partial charge in [0.2, 0.25) is 0 Å². The minimum Gasteiger partial charge on any atom is -0.322 e. The molecule has 1 saturated carbocycles. The van der Waals surface area contributed by atoms with Gasteiger partial charge in [0.05, 0.1) is 0 Å². The van der Waals surface area contributed by atoms with Crippen LogP contribution < -0.4 is 10.6 Å². The van der Waals surface area contributed by atoms with Crippen LogP contribution in [0.1, 0.15) is 41.1 Å². The predicted molar refractivity (Wildman–Crippen MR) is 110 cm³/mol. The molecule has 2 aliphatic rings. The Balaban J connectivity index is 1.24. The summed E-state index contributed by atoms with van der Waals surface area (Å²) in [7, 11) is 0. The van der Waals surface area contributed by atoms with Gasteiger partial charge in [-0.15, -0.1) is 0 Å². The first kappa shape index (κ1) is 18.5. The molecular weight excluding hydrogens is 358 g/mol. The van der Waals surface area contributed by atoms with Gasteiger partial charge in [-0.05, 0) is 73.3 Å². The summed E-state index contributed by atoms with van der Waals surface area (Å²) in [4.78, 5) is 12.2. The third-order valence-electron chi connectivity index (χ3n) is 5.65. The largest absolute Gasteiger partial charge is 0.322 e. The Morgan fingerprint density at radius 3 is 2.44 bits per heavy atom. The van der Waals surface area contributed by atoms with Crippen molar-refractivity contribution < 1.29 is 4.79 Å². The van der Waals surface area contributed by atoms with E-state index >= 15 is 0 Å². The molecule has 2 atom stereocenters. The van der Waals surface area contributed by atoms with Crippen LogP contribution in [0.4, 0.5) is 5.69 Å². The van der Waals surface area contributed by atoms with Gasteiger partial charge >= 0.3 is 0 Å². The number of amides is 1. The second-order valence-corrected chi connectivity index (χ2v) is 8.13. The summed E-state index contributed by atoms with van der Waals surface area (Å²) in [5.41, 5.74) is 2.86. The van der Waals surface area contributed by atoms with E-state index in [1.54, 1.807) is 0 Å². The average Bonchev–Trinajstić information content (AvgIpc) is 3.48. The highest BCUT2D eigenvalue weighted by Gasteiger charge is 2.38. The van der Waals surface area contributed by atoms with Crippen LogP contribution >= 0.6 is 11.8 Å². The summed E-state index contributed by atoms with van der Waals surface area (Å²) in [6.45, 7) is 3.09. The van der Waals surface area contributed by atoms with E-state index in [1.165, 1.54) is 24.8 Å². The lowest BCUT2D eigenvalue weighted by atomic mass is 9.98. The number of hydrogen-bond donors (Lipinski definition) is 2. The summed E-state index contributed by atoms with van der Waals surface area (Å²) in [6.07, 6.45) is 3.57. The van der Waals surface area contributed by atoms with Crippen LogP contribution in [0.2, 0.25) is 0 Å². The highest BCUT2D eigenvalue weighted by Crippen LogP contribution is 2.41. The Hall–Kier alpha value is -1.88. The molecule has 0 radical (unpaired) electrons. The van der Waals surface area contributed by atoms with Crippen LogP contribution in [0.5, 0.6) is 0 Å². The first-order valence-corrected chi connectivity index (χ1v) is 10.1. The van der Waals surface area contributed by atoms with Crippen molar-refractivity contribution in [1.82, 2.24) is 9.74 Å². The van der Waals surface area contributed by atoms with Crippen molar-refractivity contribution in [2.24, 2.45) is 5.92 Å². The quantitative estimate of drug-likeness (QED) is 0.733. The van der Waals surface area contributed by atoms with Gasteiger partial charge in [-0.25, -0.2) is 4.42 Å². The van der Waals surface area contributed by atoms with Gasteiger partial charge in [0.15, 0.2) is 0 Å². The zero-order valence-corrected chi connectivity index (χ0v) is 16.2. The second kappa shape index (κ2) is 8.42. The van der Waals surface area contributed by atoms with Gasteiger partial charge in [-0.3, -0.25) is 4.79 Å². The molecule has 142 valence electrons. The predicted octanol–water partition coefficient (Wildman–Crippen LogP) is 4.25. The zero-order valence-electron chi connectivity index (χ0n) is 15.4. The standard InChI is InChI=1S/C22H26ClN3O/c23-26-12-10-16(11-13-26)15-24-21-14-20(21)17-6-8-19(9-7-17)25-22(27)18-4-2-1-3-5-18/h1-9,16,20-21,24H,10-15H2,(H,25,27)/t20-,21+/m0/s1. The van der Waals surface area contributed by atoms with Crippen molar-refractivity contribution in [1.29, 1.82) is 0 Å². The third kappa shape index (κ3) is 4.89. The minimum atomic E-state index is -0.0719. The first-order valence-electron chi connectivity index (χ1n) is 9.79. The van der Waals surface area contributed by atoms with Crippen LogP contribution in [0, 0.1) is 5.92 Å². The van der Waals surface area contributed by atoms with E-state index in [2.05, 4.69) is 22.8 Å².